The fourth-order valence-electron chi connectivity index (χ4n) is 2.16. The fourth-order valence-corrected chi connectivity index (χ4v) is 2.16. The van der Waals surface area contributed by atoms with Gasteiger partial charge in [-0.25, -0.2) is 0 Å². The highest BCUT2D eigenvalue weighted by Crippen LogP contribution is 2.24. The molecule has 0 aromatic heterocycles. The van der Waals surface area contributed by atoms with Crippen molar-refractivity contribution in [3.8, 4) is 0 Å². The van der Waals surface area contributed by atoms with E-state index in [-0.39, 0.29) is 6.04 Å². The number of hydrogen-bond donors (Lipinski definition) is 1. The summed E-state index contributed by atoms with van der Waals surface area (Å²) >= 11 is 0. The van der Waals surface area contributed by atoms with E-state index in [1.807, 2.05) is 6.92 Å². The maximum absolute atomic E-state index is 5.94. The Morgan fingerprint density at radius 1 is 1.33 bits per heavy atom. The molecule has 0 fully saturated rings. The minimum absolute atomic E-state index is 0.177. The topological polar surface area (TPSA) is 38.5 Å². The molecule has 0 saturated carbocycles. The summed E-state index contributed by atoms with van der Waals surface area (Å²) in [6.45, 7) is 7.05. The lowest BCUT2D eigenvalue weighted by atomic mass is 10.0. The van der Waals surface area contributed by atoms with E-state index in [9.17, 15) is 0 Å². The van der Waals surface area contributed by atoms with Gasteiger partial charge < -0.3 is 15.4 Å². The molecule has 0 spiro atoms. The van der Waals surface area contributed by atoms with Crippen LogP contribution in [0.25, 0.3) is 0 Å². The molecule has 0 aliphatic heterocycles. The number of methoxy groups -OCH3 is 1. The van der Waals surface area contributed by atoms with E-state index in [1.54, 1.807) is 7.11 Å². The number of nitrogens with two attached hydrogens (primary N) is 1. The van der Waals surface area contributed by atoms with Crippen LogP contribution in [0.15, 0.2) is 18.2 Å². The van der Waals surface area contributed by atoms with E-state index in [2.05, 4.69) is 44.0 Å². The molecule has 0 amide bonds. The van der Waals surface area contributed by atoms with Crippen molar-refractivity contribution < 1.29 is 4.74 Å². The minimum atomic E-state index is 0.177. The molecule has 3 nitrogen and oxygen atoms in total. The number of nitrogens with zero attached hydrogens (tertiary/aromatic N) is 1. The lowest BCUT2D eigenvalue weighted by Gasteiger charge is -2.29. The van der Waals surface area contributed by atoms with Crippen LogP contribution in [0.2, 0.25) is 0 Å². The molecule has 0 bridgehead atoms. The maximum Gasteiger partial charge on any atom is 0.0663 e. The van der Waals surface area contributed by atoms with Crippen molar-refractivity contribution in [1.29, 1.82) is 0 Å². The van der Waals surface area contributed by atoms with Crippen molar-refractivity contribution in [2.24, 2.45) is 5.73 Å². The average Bonchev–Trinajstić information content (AvgIpc) is 2.28. The van der Waals surface area contributed by atoms with Gasteiger partial charge in [-0.1, -0.05) is 17.7 Å². The molecule has 0 aliphatic carbocycles. The van der Waals surface area contributed by atoms with Gasteiger partial charge in [-0.15, -0.1) is 0 Å². The normalized spacial score (nSPS) is 14.3. The van der Waals surface area contributed by atoms with Crippen LogP contribution in [0.3, 0.4) is 0 Å². The summed E-state index contributed by atoms with van der Waals surface area (Å²) in [7, 11) is 3.85. The van der Waals surface area contributed by atoms with Crippen molar-refractivity contribution >= 4 is 5.69 Å². The van der Waals surface area contributed by atoms with E-state index < -0.39 is 0 Å². The number of hydrogen-bond acceptors (Lipinski definition) is 3. The molecular weight excluding hydrogens is 224 g/mol. The van der Waals surface area contributed by atoms with Gasteiger partial charge in [0.1, 0.15) is 0 Å². The van der Waals surface area contributed by atoms with Crippen LogP contribution in [0.5, 0.6) is 0 Å². The lowest BCUT2D eigenvalue weighted by Crippen LogP contribution is -2.33. The van der Waals surface area contributed by atoms with Crippen molar-refractivity contribution in [3.63, 3.8) is 0 Å². The molecule has 1 rings (SSSR count). The van der Waals surface area contributed by atoms with Gasteiger partial charge >= 0.3 is 0 Å². The molecule has 0 heterocycles. The highest BCUT2D eigenvalue weighted by molar-refractivity contribution is 5.55. The van der Waals surface area contributed by atoms with Gasteiger partial charge in [-0.2, -0.15) is 0 Å². The molecule has 0 aliphatic rings. The third-order valence-electron chi connectivity index (χ3n) is 3.23. The summed E-state index contributed by atoms with van der Waals surface area (Å²) < 4.78 is 5.22. The van der Waals surface area contributed by atoms with Crippen LogP contribution in [0, 0.1) is 6.92 Å². The van der Waals surface area contributed by atoms with Crippen LogP contribution in [0.4, 0.5) is 5.69 Å². The van der Waals surface area contributed by atoms with Gasteiger partial charge in [-0.05, 0) is 38.8 Å². The molecular formula is C15H26N2O. The molecule has 1 aromatic carbocycles. The zero-order valence-electron chi connectivity index (χ0n) is 12.2. The Kier molecular flexibility index (Phi) is 5.63. The number of anilines is 1. The molecule has 3 heteroatoms. The van der Waals surface area contributed by atoms with Crippen LogP contribution < -0.4 is 10.6 Å². The van der Waals surface area contributed by atoms with Crippen molar-refractivity contribution in [1.82, 2.24) is 0 Å². The average molecular weight is 250 g/mol. The smallest absolute Gasteiger partial charge is 0.0663 e. The van der Waals surface area contributed by atoms with E-state index >= 15 is 0 Å². The second-order valence-corrected chi connectivity index (χ2v) is 5.23. The second kappa shape index (κ2) is 6.76. The number of rotatable bonds is 6. The summed E-state index contributed by atoms with van der Waals surface area (Å²) in [4.78, 5) is 2.26. The van der Waals surface area contributed by atoms with Crippen molar-refractivity contribution in [3.05, 3.63) is 29.3 Å². The van der Waals surface area contributed by atoms with Crippen LogP contribution in [-0.2, 0) is 11.2 Å². The first-order chi connectivity index (χ1) is 8.45. The van der Waals surface area contributed by atoms with Gasteiger partial charge in [0, 0.05) is 31.9 Å². The predicted octanol–water partition coefficient (Wildman–Crippen LogP) is 2.36. The first-order valence-corrected chi connectivity index (χ1v) is 6.52. The highest BCUT2D eigenvalue weighted by atomic mass is 16.5. The molecule has 0 radical (unpaired) electrons. The third-order valence-corrected chi connectivity index (χ3v) is 3.23. The van der Waals surface area contributed by atoms with Gasteiger partial charge in [0.05, 0.1) is 6.61 Å². The molecule has 18 heavy (non-hydrogen) atoms. The number of likely N-dealkylation sites (N-methyl/N-ethyl adjacent to an activating group) is 1. The summed E-state index contributed by atoms with van der Waals surface area (Å²) in [5.74, 6) is 0. The highest BCUT2D eigenvalue weighted by Gasteiger charge is 2.14. The molecule has 2 unspecified atom stereocenters. The van der Waals surface area contributed by atoms with E-state index in [4.69, 9.17) is 10.5 Å². The number of ether oxygens (including phenoxy) is 1. The van der Waals surface area contributed by atoms with Gasteiger partial charge in [0.2, 0.25) is 0 Å². The third kappa shape index (κ3) is 4.00. The van der Waals surface area contributed by atoms with E-state index in [1.165, 1.54) is 16.8 Å². The Labute approximate surface area is 111 Å². The molecule has 2 atom stereocenters. The van der Waals surface area contributed by atoms with E-state index in [0.29, 0.717) is 6.04 Å². The zero-order chi connectivity index (χ0) is 13.7. The molecule has 1 aromatic rings. The summed E-state index contributed by atoms with van der Waals surface area (Å²) in [5.41, 5.74) is 9.78. The summed E-state index contributed by atoms with van der Waals surface area (Å²) in [5, 5.41) is 0. The Hall–Kier alpha value is -1.06. The first kappa shape index (κ1) is 15.0. The Morgan fingerprint density at radius 2 is 2.00 bits per heavy atom. The quantitative estimate of drug-likeness (QED) is 0.842. The summed E-state index contributed by atoms with van der Waals surface area (Å²) in [6, 6.07) is 7.09. The number of aryl methyl sites for hydroxylation is 1. The number of benzene rings is 1. The van der Waals surface area contributed by atoms with Crippen molar-refractivity contribution in [2.75, 3.05) is 25.7 Å². The Balaban J connectivity index is 2.99. The van der Waals surface area contributed by atoms with Crippen LogP contribution >= 0.6 is 0 Å². The second-order valence-electron chi connectivity index (χ2n) is 5.23. The fraction of sp³-hybridized carbons (Fsp3) is 0.600. The maximum atomic E-state index is 5.94. The van der Waals surface area contributed by atoms with E-state index in [0.717, 1.165) is 13.0 Å². The van der Waals surface area contributed by atoms with Crippen LogP contribution in [0.1, 0.15) is 25.0 Å². The SMILES string of the molecule is COCC(C)N(C)c1ccc(C)cc1CC(C)N. The standard InChI is InChI=1S/C15H26N2O/c1-11-6-7-15(14(8-11)9-12(2)16)17(4)13(3)10-18-5/h6-8,12-13H,9-10,16H2,1-5H3. The first-order valence-electron chi connectivity index (χ1n) is 6.52. The molecule has 2 N–H and O–H groups in total. The van der Waals surface area contributed by atoms with Crippen LogP contribution in [-0.4, -0.2) is 32.8 Å². The van der Waals surface area contributed by atoms with Gasteiger partial charge in [0.15, 0.2) is 0 Å². The Bertz CT molecular complexity index is 377. The lowest BCUT2D eigenvalue weighted by molar-refractivity contribution is 0.183. The largest absolute Gasteiger partial charge is 0.383 e. The molecule has 102 valence electrons. The molecule has 0 saturated heterocycles. The van der Waals surface area contributed by atoms with Gasteiger partial charge in [-0.3, -0.25) is 0 Å². The monoisotopic (exact) mass is 250 g/mol. The zero-order valence-corrected chi connectivity index (χ0v) is 12.2. The predicted molar refractivity (Wildman–Crippen MR) is 78.3 cm³/mol. The Morgan fingerprint density at radius 3 is 2.56 bits per heavy atom. The minimum Gasteiger partial charge on any atom is -0.383 e. The summed E-state index contributed by atoms with van der Waals surface area (Å²) in [6.07, 6.45) is 0.904. The van der Waals surface area contributed by atoms with Gasteiger partial charge in [0.25, 0.3) is 0 Å². The van der Waals surface area contributed by atoms with Crippen molar-refractivity contribution in [2.45, 2.75) is 39.3 Å².